The van der Waals surface area contributed by atoms with Crippen LogP contribution in [-0.4, -0.2) is 5.11 Å². The smallest absolute Gasteiger partial charge is 0.185 e. The van der Waals surface area contributed by atoms with Crippen molar-refractivity contribution in [3.05, 3.63) is 12.5 Å². The molecular formula is C3H5FN2S. The molecule has 2 nitrogen and oxygen atoms in total. The summed E-state index contributed by atoms with van der Waals surface area (Å²) < 4.78 is 11.5. The van der Waals surface area contributed by atoms with Crippen molar-refractivity contribution in [2.45, 2.75) is 0 Å². The fourth-order valence-corrected chi connectivity index (χ4v) is 0.244. The number of thiocarbonyl (C=S) groups is 1. The third kappa shape index (κ3) is 5.36. The molecule has 0 saturated carbocycles. The molecule has 0 aromatic heterocycles. The molecule has 0 unspecified atom stereocenters. The van der Waals surface area contributed by atoms with E-state index in [4.69, 9.17) is 5.73 Å². The lowest BCUT2D eigenvalue weighted by Gasteiger charge is -1.93. The van der Waals surface area contributed by atoms with Gasteiger partial charge in [-0.05, 0) is 18.8 Å². The second kappa shape index (κ2) is 2.52. The van der Waals surface area contributed by atoms with Gasteiger partial charge in [0, 0.05) is 0 Å². The zero-order chi connectivity index (χ0) is 5.86. The first kappa shape index (κ1) is 6.36. The molecule has 0 fully saturated rings. The molecule has 0 spiro atoms. The Hall–Kier alpha value is -0.640. The average molecular weight is 120 g/mol. The van der Waals surface area contributed by atoms with Gasteiger partial charge in [-0.25, -0.2) is 0 Å². The maximum atomic E-state index is 11.5. The van der Waals surface area contributed by atoms with Gasteiger partial charge in [-0.3, -0.25) is 0 Å². The third-order valence-electron chi connectivity index (χ3n) is 0.259. The van der Waals surface area contributed by atoms with Gasteiger partial charge < -0.3 is 11.1 Å². The maximum Gasteiger partial charge on any atom is 0.185 e. The molecule has 7 heavy (non-hydrogen) atoms. The van der Waals surface area contributed by atoms with Crippen LogP contribution in [0.3, 0.4) is 0 Å². The summed E-state index contributed by atoms with van der Waals surface area (Å²) in [6, 6.07) is 0. The van der Waals surface area contributed by atoms with E-state index in [2.05, 4.69) is 18.8 Å². The Morgan fingerprint density at radius 2 is 2.29 bits per heavy atom. The van der Waals surface area contributed by atoms with E-state index in [1.54, 1.807) is 0 Å². The molecule has 0 heterocycles. The Morgan fingerprint density at radius 1 is 1.86 bits per heavy atom. The standard InChI is InChI=1S/C3H5FN2S/c1-2(4)6-3(5)7/h1H2,(H3,5,6,7). The van der Waals surface area contributed by atoms with Crippen molar-refractivity contribution in [3.63, 3.8) is 0 Å². The summed E-state index contributed by atoms with van der Waals surface area (Å²) in [5.41, 5.74) is 4.81. The first-order valence-electron chi connectivity index (χ1n) is 1.54. The largest absolute Gasteiger partial charge is 0.376 e. The minimum atomic E-state index is -0.729. The van der Waals surface area contributed by atoms with Crippen LogP contribution in [0.2, 0.25) is 0 Å². The lowest BCUT2D eigenvalue weighted by molar-refractivity contribution is 0.602. The number of hydrogen-bond donors (Lipinski definition) is 2. The molecule has 40 valence electrons. The summed E-state index contributed by atoms with van der Waals surface area (Å²) in [7, 11) is 0. The molecular weight excluding hydrogens is 115 g/mol. The second-order valence-corrected chi connectivity index (χ2v) is 1.33. The SMILES string of the molecule is C=C(F)NC(N)=S. The monoisotopic (exact) mass is 120 g/mol. The highest BCUT2D eigenvalue weighted by atomic mass is 32.1. The maximum absolute atomic E-state index is 11.5. The lowest BCUT2D eigenvalue weighted by Crippen LogP contribution is -2.26. The van der Waals surface area contributed by atoms with Crippen molar-refractivity contribution in [1.29, 1.82) is 0 Å². The summed E-state index contributed by atoms with van der Waals surface area (Å²) in [6.07, 6.45) is 0. The number of halogens is 1. The van der Waals surface area contributed by atoms with Crippen molar-refractivity contribution in [3.8, 4) is 0 Å². The fraction of sp³-hybridized carbons (Fsp3) is 0. The molecule has 0 aromatic carbocycles. The van der Waals surface area contributed by atoms with Gasteiger partial charge in [-0.2, -0.15) is 4.39 Å². The number of nitrogens with two attached hydrogens (primary N) is 1. The van der Waals surface area contributed by atoms with E-state index in [0.29, 0.717) is 0 Å². The molecule has 0 aliphatic rings. The Morgan fingerprint density at radius 3 is 2.29 bits per heavy atom. The van der Waals surface area contributed by atoms with E-state index in [1.807, 2.05) is 5.32 Å². The van der Waals surface area contributed by atoms with Gasteiger partial charge in [0.15, 0.2) is 11.1 Å². The van der Waals surface area contributed by atoms with Crippen LogP contribution in [0.1, 0.15) is 0 Å². The summed E-state index contributed by atoms with van der Waals surface area (Å²) in [5.74, 6) is -0.729. The Balaban J connectivity index is 3.32. The summed E-state index contributed by atoms with van der Waals surface area (Å²) >= 11 is 4.24. The van der Waals surface area contributed by atoms with Crippen LogP contribution in [0.5, 0.6) is 0 Å². The first-order valence-corrected chi connectivity index (χ1v) is 1.94. The topological polar surface area (TPSA) is 38.0 Å². The zero-order valence-electron chi connectivity index (χ0n) is 3.57. The Bertz CT molecular complexity index is 89.1. The normalized spacial score (nSPS) is 7.57. The van der Waals surface area contributed by atoms with Crippen molar-refractivity contribution >= 4 is 17.3 Å². The summed E-state index contributed by atoms with van der Waals surface area (Å²) in [4.78, 5) is 0. The van der Waals surface area contributed by atoms with Crippen molar-refractivity contribution in [1.82, 2.24) is 5.32 Å². The van der Waals surface area contributed by atoms with Gasteiger partial charge in [-0.1, -0.05) is 0 Å². The Labute approximate surface area is 46.2 Å². The molecule has 0 radical (unpaired) electrons. The second-order valence-electron chi connectivity index (χ2n) is 0.894. The van der Waals surface area contributed by atoms with E-state index >= 15 is 0 Å². The van der Waals surface area contributed by atoms with Crippen molar-refractivity contribution in [2.75, 3.05) is 0 Å². The number of rotatable bonds is 1. The fourth-order valence-electron chi connectivity index (χ4n) is 0.134. The van der Waals surface area contributed by atoms with Gasteiger partial charge in [0.2, 0.25) is 0 Å². The molecule has 3 N–H and O–H groups in total. The van der Waals surface area contributed by atoms with Crippen LogP contribution < -0.4 is 11.1 Å². The van der Waals surface area contributed by atoms with E-state index in [1.165, 1.54) is 0 Å². The Kier molecular flexibility index (Phi) is 2.29. The number of hydrogen-bond acceptors (Lipinski definition) is 1. The highest BCUT2D eigenvalue weighted by Gasteiger charge is 1.85. The number of nitrogens with one attached hydrogen (secondary N) is 1. The molecule has 0 atom stereocenters. The van der Waals surface area contributed by atoms with E-state index < -0.39 is 5.95 Å². The van der Waals surface area contributed by atoms with Crippen LogP contribution in [0, 0.1) is 0 Å². The quantitative estimate of drug-likeness (QED) is 0.385. The molecule has 4 heteroatoms. The van der Waals surface area contributed by atoms with Crippen LogP contribution in [0.15, 0.2) is 12.5 Å². The molecule has 0 aliphatic carbocycles. The van der Waals surface area contributed by atoms with Gasteiger partial charge in [0.25, 0.3) is 0 Å². The van der Waals surface area contributed by atoms with E-state index in [9.17, 15) is 4.39 Å². The molecule has 0 aliphatic heterocycles. The van der Waals surface area contributed by atoms with Gasteiger partial charge in [-0.15, -0.1) is 0 Å². The minimum absolute atomic E-state index is 0.104. The van der Waals surface area contributed by atoms with Gasteiger partial charge in [0.1, 0.15) is 0 Å². The molecule has 0 amide bonds. The van der Waals surface area contributed by atoms with Crippen LogP contribution in [0.25, 0.3) is 0 Å². The molecule has 0 bridgehead atoms. The summed E-state index contributed by atoms with van der Waals surface area (Å²) in [6.45, 7) is 2.85. The van der Waals surface area contributed by atoms with E-state index in [-0.39, 0.29) is 5.11 Å². The summed E-state index contributed by atoms with van der Waals surface area (Å²) in [5, 5.41) is 1.85. The van der Waals surface area contributed by atoms with Crippen molar-refractivity contribution < 1.29 is 4.39 Å². The predicted octanol–water partition coefficient (Wildman–Crippen LogP) is 0.260. The van der Waals surface area contributed by atoms with Crippen LogP contribution in [-0.2, 0) is 0 Å². The lowest BCUT2D eigenvalue weighted by atomic mass is 10.9. The molecule has 0 saturated heterocycles. The highest BCUT2D eigenvalue weighted by molar-refractivity contribution is 7.80. The van der Waals surface area contributed by atoms with Gasteiger partial charge >= 0.3 is 0 Å². The van der Waals surface area contributed by atoms with Gasteiger partial charge in [0.05, 0.1) is 0 Å². The first-order chi connectivity index (χ1) is 3.13. The molecule has 0 aromatic rings. The van der Waals surface area contributed by atoms with Crippen LogP contribution >= 0.6 is 12.2 Å². The van der Waals surface area contributed by atoms with Crippen molar-refractivity contribution in [2.24, 2.45) is 5.73 Å². The zero-order valence-corrected chi connectivity index (χ0v) is 4.39. The van der Waals surface area contributed by atoms with Crippen LogP contribution in [0.4, 0.5) is 4.39 Å². The minimum Gasteiger partial charge on any atom is -0.376 e. The predicted molar refractivity (Wildman–Crippen MR) is 30.2 cm³/mol. The molecule has 0 rings (SSSR count). The van der Waals surface area contributed by atoms with E-state index in [0.717, 1.165) is 0 Å². The third-order valence-corrected chi connectivity index (χ3v) is 0.361. The average Bonchev–Trinajstić information content (AvgIpc) is 1.27. The highest BCUT2D eigenvalue weighted by Crippen LogP contribution is 1.79.